The highest BCUT2D eigenvalue weighted by molar-refractivity contribution is 7.92. The van der Waals surface area contributed by atoms with Crippen molar-refractivity contribution in [2.24, 2.45) is 0 Å². The molecule has 0 radical (unpaired) electrons. The fourth-order valence-electron chi connectivity index (χ4n) is 3.42. The van der Waals surface area contributed by atoms with Gasteiger partial charge in [-0.25, -0.2) is 8.42 Å². The number of sulfonamides is 1. The van der Waals surface area contributed by atoms with E-state index in [1.807, 2.05) is 31.2 Å². The fraction of sp³-hybridized carbons (Fsp3) is 0.240. The number of rotatable bonds is 10. The molecular formula is C25H27ClN2O5S. The first-order valence-corrected chi connectivity index (χ1v) is 12.8. The lowest BCUT2D eigenvalue weighted by molar-refractivity contribution is -0.123. The van der Waals surface area contributed by atoms with Crippen LogP contribution in [0.3, 0.4) is 0 Å². The number of anilines is 1. The van der Waals surface area contributed by atoms with E-state index in [4.69, 9.17) is 21.1 Å². The summed E-state index contributed by atoms with van der Waals surface area (Å²) < 4.78 is 37.0. The van der Waals surface area contributed by atoms with Crippen LogP contribution in [-0.2, 0) is 21.4 Å². The Hall–Kier alpha value is -3.23. The van der Waals surface area contributed by atoms with Gasteiger partial charge in [0.15, 0.2) is 6.61 Å². The number of amides is 1. The summed E-state index contributed by atoms with van der Waals surface area (Å²) in [5, 5.41) is 3.37. The molecular weight excluding hydrogens is 476 g/mol. The molecule has 1 amide bonds. The molecule has 0 unspecified atom stereocenters. The van der Waals surface area contributed by atoms with Gasteiger partial charge < -0.3 is 14.8 Å². The van der Waals surface area contributed by atoms with Gasteiger partial charge in [-0.05, 0) is 48.9 Å². The van der Waals surface area contributed by atoms with Gasteiger partial charge in [0.2, 0.25) is 10.0 Å². The predicted octanol–water partition coefficient (Wildman–Crippen LogP) is 4.57. The predicted molar refractivity (Wildman–Crippen MR) is 134 cm³/mol. The number of nitrogens with one attached hydrogen (secondary N) is 1. The Morgan fingerprint density at radius 1 is 1.03 bits per heavy atom. The molecule has 0 aliphatic rings. The van der Waals surface area contributed by atoms with Crippen LogP contribution < -0.4 is 19.1 Å². The number of carbonyl (C=O) groups is 1. The molecule has 0 fully saturated rings. The first-order valence-electron chi connectivity index (χ1n) is 10.6. The number of benzene rings is 3. The van der Waals surface area contributed by atoms with Crippen molar-refractivity contribution in [3.63, 3.8) is 0 Å². The second kappa shape index (κ2) is 11.3. The van der Waals surface area contributed by atoms with Crippen molar-refractivity contribution in [2.45, 2.75) is 19.5 Å². The first-order chi connectivity index (χ1) is 16.2. The maximum atomic E-state index is 12.4. The summed E-state index contributed by atoms with van der Waals surface area (Å²) in [6.45, 7) is 1.78. The highest BCUT2D eigenvalue weighted by atomic mass is 35.5. The fourth-order valence-corrected chi connectivity index (χ4v) is 4.50. The maximum Gasteiger partial charge on any atom is 0.258 e. The smallest absolute Gasteiger partial charge is 0.258 e. The van der Waals surface area contributed by atoms with Gasteiger partial charge in [0.25, 0.3) is 5.91 Å². The monoisotopic (exact) mass is 502 g/mol. The van der Waals surface area contributed by atoms with Crippen molar-refractivity contribution >= 4 is 33.2 Å². The van der Waals surface area contributed by atoms with E-state index in [1.165, 1.54) is 4.31 Å². The summed E-state index contributed by atoms with van der Waals surface area (Å²) in [5.74, 6) is 0.841. The van der Waals surface area contributed by atoms with Crippen LogP contribution in [0.1, 0.15) is 24.1 Å². The summed E-state index contributed by atoms with van der Waals surface area (Å²) in [7, 11) is -1.97. The van der Waals surface area contributed by atoms with E-state index in [9.17, 15) is 13.2 Å². The van der Waals surface area contributed by atoms with Crippen molar-refractivity contribution in [3.05, 3.63) is 88.9 Å². The Labute approximate surface area is 205 Å². The molecule has 1 atom stereocenters. The molecule has 180 valence electrons. The van der Waals surface area contributed by atoms with Crippen molar-refractivity contribution in [2.75, 3.05) is 24.3 Å². The van der Waals surface area contributed by atoms with Crippen LogP contribution in [0.15, 0.2) is 72.8 Å². The number of methoxy groups -OCH3 is 1. The van der Waals surface area contributed by atoms with E-state index < -0.39 is 10.0 Å². The minimum Gasteiger partial charge on any atom is -0.496 e. The second-order valence-electron chi connectivity index (χ2n) is 7.67. The van der Waals surface area contributed by atoms with Crippen molar-refractivity contribution in [1.82, 2.24) is 5.32 Å². The van der Waals surface area contributed by atoms with Crippen molar-refractivity contribution < 1.29 is 22.7 Å². The van der Waals surface area contributed by atoms with Gasteiger partial charge in [0.1, 0.15) is 11.5 Å². The van der Waals surface area contributed by atoms with Crippen LogP contribution in [-0.4, -0.2) is 34.3 Å². The van der Waals surface area contributed by atoms with E-state index in [2.05, 4.69) is 5.32 Å². The third kappa shape index (κ3) is 6.65. The molecule has 1 N–H and O–H groups in total. The molecule has 9 heteroatoms. The van der Waals surface area contributed by atoms with Crippen molar-refractivity contribution in [1.29, 1.82) is 0 Å². The van der Waals surface area contributed by atoms with E-state index in [-0.39, 0.29) is 25.1 Å². The summed E-state index contributed by atoms with van der Waals surface area (Å²) in [6, 6.07) is 20.8. The third-order valence-electron chi connectivity index (χ3n) is 5.15. The van der Waals surface area contributed by atoms with Crippen LogP contribution in [0.5, 0.6) is 11.5 Å². The average Bonchev–Trinajstić information content (AvgIpc) is 2.82. The zero-order valence-corrected chi connectivity index (χ0v) is 20.8. The lowest BCUT2D eigenvalue weighted by Crippen LogP contribution is -2.31. The minimum absolute atomic E-state index is 0.0992. The van der Waals surface area contributed by atoms with Crippen LogP contribution in [0.25, 0.3) is 0 Å². The standard InChI is InChI=1S/C25H27ClN2O5S/c1-18(22-9-5-7-11-24(22)32-2)27-25(29)17-33-21-14-12-20(13-15-21)28(34(3,30)31)16-19-8-4-6-10-23(19)26/h4-15,18H,16-17H2,1-3H3,(H,27,29)/t18-/m0/s1. The molecule has 0 bridgehead atoms. The van der Waals surface area contributed by atoms with Gasteiger partial charge in [-0.2, -0.15) is 0 Å². The van der Waals surface area contributed by atoms with E-state index >= 15 is 0 Å². The molecule has 3 aromatic rings. The SMILES string of the molecule is COc1ccccc1[C@H](C)NC(=O)COc1ccc(N(Cc2ccccc2Cl)S(C)(=O)=O)cc1. The molecule has 0 heterocycles. The Bertz CT molecular complexity index is 1230. The lowest BCUT2D eigenvalue weighted by atomic mass is 10.1. The van der Waals surface area contributed by atoms with Crippen LogP contribution in [0.2, 0.25) is 5.02 Å². The average molecular weight is 503 g/mol. The van der Waals surface area contributed by atoms with Gasteiger partial charge in [0, 0.05) is 10.6 Å². The van der Waals surface area contributed by atoms with Gasteiger partial charge in [-0.3, -0.25) is 9.10 Å². The minimum atomic E-state index is -3.56. The normalized spacial score (nSPS) is 12.0. The van der Waals surface area contributed by atoms with E-state index in [0.29, 0.717) is 27.8 Å². The van der Waals surface area contributed by atoms with Gasteiger partial charge in [-0.1, -0.05) is 48.0 Å². The Morgan fingerprint density at radius 3 is 2.32 bits per heavy atom. The summed E-state index contributed by atoms with van der Waals surface area (Å²) in [6.07, 6.45) is 1.14. The molecule has 3 rings (SSSR count). The highest BCUT2D eigenvalue weighted by Gasteiger charge is 2.19. The third-order valence-corrected chi connectivity index (χ3v) is 6.66. The quantitative estimate of drug-likeness (QED) is 0.439. The number of nitrogens with zero attached hydrogens (tertiary/aromatic N) is 1. The zero-order valence-electron chi connectivity index (χ0n) is 19.2. The van der Waals surface area contributed by atoms with Gasteiger partial charge in [0.05, 0.1) is 31.6 Å². The second-order valence-corrected chi connectivity index (χ2v) is 9.99. The largest absolute Gasteiger partial charge is 0.496 e. The molecule has 0 aliphatic heterocycles. The summed E-state index contributed by atoms with van der Waals surface area (Å²) in [5.41, 5.74) is 2.02. The number of carbonyl (C=O) groups excluding carboxylic acids is 1. The number of hydrogen-bond donors (Lipinski definition) is 1. The highest BCUT2D eigenvalue weighted by Crippen LogP contribution is 2.27. The number of hydrogen-bond acceptors (Lipinski definition) is 5. The topological polar surface area (TPSA) is 84.9 Å². The number of para-hydroxylation sites is 1. The lowest BCUT2D eigenvalue weighted by Gasteiger charge is -2.23. The van der Waals surface area contributed by atoms with Gasteiger partial charge in [-0.15, -0.1) is 0 Å². The molecule has 7 nitrogen and oxygen atoms in total. The molecule has 3 aromatic carbocycles. The van der Waals surface area contributed by atoms with Crippen LogP contribution in [0, 0.1) is 0 Å². The Morgan fingerprint density at radius 2 is 1.68 bits per heavy atom. The van der Waals surface area contributed by atoms with Gasteiger partial charge >= 0.3 is 0 Å². The summed E-state index contributed by atoms with van der Waals surface area (Å²) >= 11 is 6.21. The molecule has 0 aromatic heterocycles. The number of ether oxygens (including phenoxy) is 2. The molecule has 0 spiro atoms. The maximum absolute atomic E-state index is 12.4. The van der Waals surface area contributed by atoms with E-state index in [1.54, 1.807) is 55.6 Å². The molecule has 0 aliphatic carbocycles. The van der Waals surface area contributed by atoms with E-state index in [0.717, 1.165) is 11.8 Å². The zero-order chi connectivity index (χ0) is 24.7. The molecule has 0 saturated carbocycles. The molecule has 0 saturated heterocycles. The van der Waals surface area contributed by atoms with Crippen LogP contribution in [0.4, 0.5) is 5.69 Å². The van der Waals surface area contributed by atoms with Crippen molar-refractivity contribution in [3.8, 4) is 11.5 Å². The summed E-state index contributed by atoms with van der Waals surface area (Å²) in [4.78, 5) is 12.4. The molecule has 34 heavy (non-hydrogen) atoms. The first kappa shape index (κ1) is 25.4. The Balaban J connectivity index is 1.63. The van der Waals surface area contributed by atoms with Crippen LogP contribution >= 0.6 is 11.6 Å². The Kier molecular flexibility index (Phi) is 8.41. The number of halogens is 1.